The van der Waals surface area contributed by atoms with E-state index in [9.17, 15) is 0 Å². The molecule has 0 spiro atoms. The summed E-state index contributed by atoms with van der Waals surface area (Å²) in [5.41, 5.74) is 1.16. The van der Waals surface area contributed by atoms with Crippen LogP contribution in [-0.2, 0) is 6.54 Å². The van der Waals surface area contributed by atoms with Crippen LogP contribution < -0.4 is 5.32 Å². The normalized spacial score (nSPS) is 11.1. The summed E-state index contributed by atoms with van der Waals surface area (Å²) >= 11 is 9.58. The Balaban J connectivity index is 2.20. The molecular formula is C14H21BrClN. The summed E-state index contributed by atoms with van der Waals surface area (Å²) in [6.45, 7) is 6.46. The van der Waals surface area contributed by atoms with Crippen molar-refractivity contribution in [3.63, 3.8) is 0 Å². The first-order valence-corrected chi connectivity index (χ1v) is 7.41. The zero-order chi connectivity index (χ0) is 12.7. The van der Waals surface area contributed by atoms with Crippen LogP contribution in [0.3, 0.4) is 0 Å². The Hall–Kier alpha value is -0.0500. The van der Waals surface area contributed by atoms with E-state index in [1.165, 1.54) is 19.3 Å². The zero-order valence-electron chi connectivity index (χ0n) is 10.6. The van der Waals surface area contributed by atoms with Crippen molar-refractivity contribution in [3.8, 4) is 0 Å². The molecule has 1 aromatic rings. The molecule has 3 heteroatoms. The molecular weight excluding hydrogens is 298 g/mol. The van der Waals surface area contributed by atoms with E-state index in [1.54, 1.807) is 0 Å². The summed E-state index contributed by atoms with van der Waals surface area (Å²) < 4.78 is 1.08. The first kappa shape index (κ1) is 15.0. The van der Waals surface area contributed by atoms with Gasteiger partial charge >= 0.3 is 0 Å². The highest BCUT2D eigenvalue weighted by Crippen LogP contribution is 2.20. The van der Waals surface area contributed by atoms with Gasteiger partial charge in [0, 0.05) is 16.0 Å². The SMILES string of the molecule is CC(C)CCCCNCc1cc(Br)ccc1Cl. The van der Waals surface area contributed by atoms with E-state index in [-0.39, 0.29) is 0 Å². The lowest BCUT2D eigenvalue weighted by atomic mass is 10.1. The molecule has 0 aliphatic carbocycles. The van der Waals surface area contributed by atoms with Gasteiger partial charge in [-0.05, 0) is 42.6 Å². The molecule has 1 rings (SSSR count). The second-order valence-electron chi connectivity index (χ2n) is 4.80. The summed E-state index contributed by atoms with van der Waals surface area (Å²) in [5, 5.41) is 4.27. The second kappa shape index (κ2) is 8.12. The van der Waals surface area contributed by atoms with E-state index in [0.717, 1.165) is 34.1 Å². The highest BCUT2D eigenvalue weighted by Gasteiger charge is 2.00. The predicted octanol–water partition coefficient (Wildman–Crippen LogP) is 5.02. The van der Waals surface area contributed by atoms with E-state index >= 15 is 0 Å². The average Bonchev–Trinajstić information content (AvgIpc) is 2.27. The molecule has 96 valence electrons. The van der Waals surface area contributed by atoms with Gasteiger partial charge < -0.3 is 5.32 Å². The van der Waals surface area contributed by atoms with Crippen LogP contribution in [0.15, 0.2) is 22.7 Å². The van der Waals surface area contributed by atoms with Gasteiger partial charge in [0.15, 0.2) is 0 Å². The number of rotatable bonds is 7. The third-order valence-corrected chi connectivity index (χ3v) is 3.57. The molecule has 0 heterocycles. The summed E-state index contributed by atoms with van der Waals surface area (Å²) in [6, 6.07) is 5.97. The van der Waals surface area contributed by atoms with Gasteiger partial charge in [-0.2, -0.15) is 0 Å². The van der Waals surface area contributed by atoms with Gasteiger partial charge in [0.1, 0.15) is 0 Å². The minimum absolute atomic E-state index is 0.814. The average molecular weight is 319 g/mol. The maximum Gasteiger partial charge on any atom is 0.0451 e. The highest BCUT2D eigenvalue weighted by molar-refractivity contribution is 9.10. The summed E-state index contributed by atoms with van der Waals surface area (Å²) in [5.74, 6) is 0.814. The van der Waals surface area contributed by atoms with Crippen LogP contribution in [0.5, 0.6) is 0 Å². The van der Waals surface area contributed by atoms with E-state index in [1.807, 2.05) is 12.1 Å². The van der Waals surface area contributed by atoms with Crippen LogP contribution in [0.2, 0.25) is 5.02 Å². The molecule has 0 saturated carbocycles. The molecule has 1 N–H and O–H groups in total. The van der Waals surface area contributed by atoms with Crippen LogP contribution in [-0.4, -0.2) is 6.54 Å². The third-order valence-electron chi connectivity index (χ3n) is 2.71. The lowest BCUT2D eigenvalue weighted by Crippen LogP contribution is -2.15. The van der Waals surface area contributed by atoms with Crippen LogP contribution >= 0.6 is 27.5 Å². The summed E-state index contributed by atoms with van der Waals surface area (Å²) in [4.78, 5) is 0. The van der Waals surface area contributed by atoms with Gasteiger partial charge in [0.25, 0.3) is 0 Å². The number of nitrogens with one attached hydrogen (secondary N) is 1. The number of hydrogen-bond donors (Lipinski definition) is 1. The van der Waals surface area contributed by atoms with Gasteiger partial charge in [-0.3, -0.25) is 0 Å². The lowest BCUT2D eigenvalue weighted by Gasteiger charge is -2.08. The van der Waals surface area contributed by atoms with Crippen LogP contribution in [0.25, 0.3) is 0 Å². The van der Waals surface area contributed by atoms with Crippen molar-refractivity contribution in [2.75, 3.05) is 6.54 Å². The highest BCUT2D eigenvalue weighted by atomic mass is 79.9. The van der Waals surface area contributed by atoms with Gasteiger partial charge in [-0.15, -0.1) is 0 Å². The Morgan fingerprint density at radius 2 is 2.06 bits per heavy atom. The Labute approximate surface area is 118 Å². The Morgan fingerprint density at radius 1 is 1.29 bits per heavy atom. The summed E-state index contributed by atoms with van der Waals surface area (Å²) in [7, 11) is 0. The maximum absolute atomic E-state index is 6.12. The van der Waals surface area contributed by atoms with E-state index in [0.29, 0.717) is 0 Å². The quantitative estimate of drug-likeness (QED) is 0.696. The molecule has 0 unspecified atom stereocenters. The van der Waals surface area contributed by atoms with Crippen LogP contribution in [0.4, 0.5) is 0 Å². The van der Waals surface area contributed by atoms with Gasteiger partial charge in [-0.1, -0.05) is 54.2 Å². The molecule has 17 heavy (non-hydrogen) atoms. The molecule has 0 saturated heterocycles. The molecule has 0 amide bonds. The van der Waals surface area contributed by atoms with E-state index in [4.69, 9.17) is 11.6 Å². The Bertz CT molecular complexity index is 339. The van der Waals surface area contributed by atoms with Crippen LogP contribution in [0.1, 0.15) is 38.7 Å². The van der Waals surface area contributed by atoms with E-state index in [2.05, 4.69) is 41.2 Å². The van der Waals surface area contributed by atoms with Gasteiger partial charge in [-0.25, -0.2) is 0 Å². The van der Waals surface area contributed by atoms with Gasteiger partial charge in [0.05, 0.1) is 0 Å². The largest absolute Gasteiger partial charge is 0.313 e. The molecule has 0 aromatic heterocycles. The topological polar surface area (TPSA) is 12.0 Å². The lowest BCUT2D eigenvalue weighted by molar-refractivity contribution is 0.520. The second-order valence-corrected chi connectivity index (χ2v) is 6.13. The molecule has 1 aromatic carbocycles. The minimum Gasteiger partial charge on any atom is -0.313 e. The van der Waals surface area contributed by atoms with Crippen molar-refractivity contribution in [2.24, 2.45) is 5.92 Å². The fraction of sp³-hybridized carbons (Fsp3) is 0.571. The summed E-state index contributed by atoms with van der Waals surface area (Å²) in [6.07, 6.45) is 3.86. The van der Waals surface area contributed by atoms with Crippen molar-refractivity contribution in [3.05, 3.63) is 33.3 Å². The Morgan fingerprint density at radius 3 is 2.76 bits per heavy atom. The Kier molecular flexibility index (Phi) is 7.17. The smallest absolute Gasteiger partial charge is 0.0451 e. The monoisotopic (exact) mass is 317 g/mol. The molecule has 0 radical (unpaired) electrons. The molecule has 0 atom stereocenters. The van der Waals surface area contributed by atoms with Crippen LogP contribution in [0, 0.1) is 5.92 Å². The molecule has 0 aliphatic heterocycles. The number of hydrogen-bond acceptors (Lipinski definition) is 1. The van der Waals surface area contributed by atoms with Crippen molar-refractivity contribution < 1.29 is 0 Å². The van der Waals surface area contributed by atoms with Crippen molar-refractivity contribution in [1.82, 2.24) is 5.32 Å². The molecule has 0 aliphatic rings. The fourth-order valence-electron chi connectivity index (χ4n) is 1.70. The third kappa shape index (κ3) is 6.44. The molecule has 0 bridgehead atoms. The van der Waals surface area contributed by atoms with Crippen molar-refractivity contribution in [2.45, 2.75) is 39.7 Å². The van der Waals surface area contributed by atoms with E-state index < -0.39 is 0 Å². The number of halogens is 2. The number of unbranched alkanes of at least 4 members (excludes halogenated alkanes) is 1. The molecule has 1 nitrogen and oxygen atoms in total. The maximum atomic E-state index is 6.12. The fourth-order valence-corrected chi connectivity index (χ4v) is 2.30. The van der Waals surface area contributed by atoms with Crippen molar-refractivity contribution >= 4 is 27.5 Å². The van der Waals surface area contributed by atoms with Gasteiger partial charge in [0.2, 0.25) is 0 Å². The first-order chi connectivity index (χ1) is 8.09. The standard InChI is InChI=1S/C14H21BrClN/c1-11(2)5-3-4-8-17-10-12-9-13(15)6-7-14(12)16/h6-7,9,11,17H,3-5,8,10H2,1-2H3. The minimum atomic E-state index is 0.814. The number of benzene rings is 1. The van der Waals surface area contributed by atoms with Crippen molar-refractivity contribution in [1.29, 1.82) is 0 Å². The molecule has 0 fully saturated rings. The predicted molar refractivity (Wildman–Crippen MR) is 79.5 cm³/mol. The zero-order valence-corrected chi connectivity index (χ0v) is 12.9. The first-order valence-electron chi connectivity index (χ1n) is 6.24.